The Morgan fingerprint density at radius 2 is 2.00 bits per heavy atom. The van der Waals surface area contributed by atoms with Gasteiger partial charge in [0.2, 0.25) is 0 Å². The molecule has 1 aromatic carbocycles. The molecule has 0 saturated heterocycles. The highest BCUT2D eigenvalue weighted by Gasteiger charge is 2.12. The fraction of sp³-hybridized carbons (Fsp3) is 0.400. The summed E-state index contributed by atoms with van der Waals surface area (Å²) in [6.07, 6.45) is 0. The van der Waals surface area contributed by atoms with Gasteiger partial charge in [0, 0.05) is 12.1 Å². The molecule has 0 unspecified atom stereocenters. The molecule has 4 N–H and O–H groups in total. The molecule has 1 rings (SSSR count). The van der Waals surface area contributed by atoms with Crippen molar-refractivity contribution in [3.63, 3.8) is 0 Å². The highest BCUT2D eigenvalue weighted by molar-refractivity contribution is 7.90. The Bertz CT molecular complexity index is 486. The van der Waals surface area contributed by atoms with Crippen LogP contribution in [0.3, 0.4) is 0 Å². The number of nitrogen functional groups attached to an aromatic ring is 1. The van der Waals surface area contributed by atoms with E-state index in [2.05, 4.69) is 9.44 Å². The summed E-state index contributed by atoms with van der Waals surface area (Å²) >= 11 is 0. The fourth-order valence-electron chi connectivity index (χ4n) is 1.27. The van der Waals surface area contributed by atoms with Crippen LogP contribution in [0.5, 0.6) is 5.75 Å². The van der Waals surface area contributed by atoms with E-state index in [1.54, 1.807) is 26.0 Å². The van der Waals surface area contributed by atoms with E-state index in [0.29, 0.717) is 17.1 Å². The second-order valence-electron chi connectivity index (χ2n) is 3.83. The molecule has 0 aliphatic heterocycles. The fourth-order valence-corrected chi connectivity index (χ4v) is 2.39. The van der Waals surface area contributed by atoms with E-state index in [0.717, 1.165) is 0 Å². The topological polar surface area (TPSA) is 93.4 Å². The van der Waals surface area contributed by atoms with E-state index in [9.17, 15) is 8.42 Å². The van der Waals surface area contributed by atoms with Crippen LogP contribution in [0.1, 0.15) is 13.8 Å². The Hall–Kier alpha value is -1.47. The van der Waals surface area contributed by atoms with Crippen molar-refractivity contribution in [2.45, 2.75) is 19.9 Å². The van der Waals surface area contributed by atoms with Crippen LogP contribution in [0, 0.1) is 0 Å². The summed E-state index contributed by atoms with van der Waals surface area (Å²) in [6, 6.07) is 4.49. The van der Waals surface area contributed by atoms with Gasteiger partial charge in [-0.1, -0.05) is 0 Å². The predicted octanol–water partition coefficient (Wildman–Crippen LogP) is 0.932. The minimum absolute atomic E-state index is 0.178. The summed E-state index contributed by atoms with van der Waals surface area (Å²) in [7, 11) is -2.10. The first-order valence-corrected chi connectivity index (χ1v) is 6.56. The zero-order valence-corrected chi connectivity index (χ0v) is 10.8. The normalized spacial score (nSPS) is 11.5. The van der Waals surface area contributed by atoms with E-state index in [-0.39, 0.29) is 6.04 Å². The number of nitrogens with two attached hydrogens (primary N) is 1. The molecule has 7 heteroatoms. The van der Waals surface area contributed by atoms with E-state index in [1.165, 1.54) is 13.2 Å². The molecule has 0 saturated carbocycles. The van der Waals surface area contributed by atoms with Crippen molar-refractivity contribution in [3.05, 3.63) is 18.2 Å². The first-order valence-electron chi connectivity index (χ1n) is 5.07. The zero-order chi connectivity index (χ0) is 13.1. The van der Waals surface area contributed by atoms with Crippen molar-refractivity contribution in [2.75, 3.05) is 17.6 Å². The van der Waals surface area contributed by atoms with Crippen molar-refractivity contribution >= 4 is 21.6 Å². The average Bonchev–Trinajstić information content (AvgIpc) is 2.18. The van der Waals surface area contributed by atoms with Gasteiger partial charge in [-0.3, -0.25) is 4.72 Å². The van der Waals surface area contributed by atoms with Gasteiger partial charge in [0.05, 0.1) is 18.5 Å². The lowest BCUT2D eigenvalue weighted by Crippen LogP contribution is -2.35. The molecule has 0 spiro atoms. The molecule has 0 bridgehead atoms. The van der Waals surface area contributed by atoms with Gasteiger partial charge in [0.1, 0.15) is 5.75 Å². The summed E-state index contributed by atoms with van der Waals surface area (Å²) in [5.74, 6) is 0.426. The standard InChI is InChI=1S/C10H17N3O3S/c1-7(2)12-17(14,15)13-8-4-5-9(11)10(6-8)16-3/h4-7,12-13H,11H2,1-3H3. The highest BCUT2D eigenvalue weighted by Crippen LogP contribution is 2.25. The summed E-state index contributed by atoms with van der Waals surface area (Å²) in [4.78, 5) is 0. The minimum atomic E-state index is -3.57. The maximum Gasteiger partial charge on any atom is 0.299 e. The van der Waals surface area contributed by atoms with Gasteiger partial charge in [-0.05, 0) is 26.0 Å². The van der Waals surface area contributed by atoms with Crippen LogP contribution >= 0.6 is 0 Å². The lowest BCUT2D eigenvalue weighted by Gasteiger charge is -2.13. The number of hydrogen-bond acceptors (Lipinski definition) is 4. The van der Waals surface area contributed by atoms with E-state index in [4.69, 9.17) is 10.5 Å². The third-order valence-electron chi connectivity index (χ3n) is 1.88. The quantitative estimate of drug-likeness (QED) is 0.686. The lowest BCUT2D eigenvalue weighted by atomic mass is 10.3. The molecule has 0 aromatic heterocycles. The monoisotopic (exact) mass is 259 g/mol. The molecule has 96 valence electrons. The van der Waals surface area contributed by atoms with Gasteiger partial charge < -0.3 is 10.5 Å². The number of benzene rings is 1. The van der Waals surface area contributed by atoms with Gasteiger partial charge in [0.15, 0.2) is 0 Å². The van der Waals surface area contributed by atoms with Crippen LogP contribution in [-0.4, -0.2) is 21.6 Å². The third-order valence-corrected chi connectivity index (χ3v) is 3.16. The average molecular weight is 259 g/mol. The number of anilines is 2. The van der Waals surface area contributed by atoms with Gasteiger partial charge in [-0.2, -0.15) is 13.1 Å². The molecule has 0 aliphatic rings. The van der Waals surface area contributed by atoms with Gasteiger partial charge >= 0.3 is 0 Å². The van der Waals surface area contributed by atoms with E-state index in [1.807, 2.05) is 0 Å². The Labute approximate surface area is 101 Å². The Kier molecular flexibility index (Phi) is 4.19. The second-order valence-corrected chi connectivity index (χ2v) is 5.28. The van der Waals surface area contributed by atoms with Crippen LogP contribution in [0.15, 0.2) is 18.2 Å². The molecule has 0 heterocycles. The first kappa shape index (κ1) is 13.6. The van der Waals surface area contributed by atoms with Crippen molar-refractivity contribution in [2.24, 2.45) is 0 Å². The van der Waals surface area contributed by atoms with Crippen LogP contribution in [-0.2, 0) is 10.2 Å². The number of nitrogens with one attached hydrogen (secondary N) is 2. The predicted molar refractivity (Wildman–Crippen MR) is 68.2 cm³/mol. The van der Waals surface area contributed by atoms with Crippen molar-refractivity contribution in [1.82, 2.24) is 4.72 Å². The number of methoxy groups -OCH3 is 1. The SMILES string of the molecule is COc1cc(NS(=O)(=O)NC(C)C)ccc1N. The molecule has 6 nitrogen and oxygen atoms in total. The molecule has 0 amide bonds. The lowest BCUT2D eigenvalue weighted by molar-refractivity contribution is 0.417. The van der Waals surface area contributed by atoms with Crippen LogP contribution < -0.4 is 19.9 Å². The molecule has 0 aliphatic carbocycles. The minimum Gasteiger partial charge on any atom is -0.495 e. The van der Waals surface area contributed by atoms with Crippen LogP contribution in [0.2, 0.25) is 0 Å². The maximum atomic E-state index is 11.6. The summed E-state index contributed by atoms with van der Waals surface area (Å²) < 4.78 is 33.0. The molecule has 17 heavy (non-hydrogen) atoms. The number of ether oxygens (including phenoxy) is 1. The molecule has 0 atom stereocenters. The number of hydrogen-bond donors (Lipinski definition) is 3. The van der Waals surface area contributed by atoms with E-state index < -0.39 is 10.2 Å². The smallest absolute Gasteiger partial charge is 0.299 e. The third kappa shape index (κ3) is 4.12. The highest BCUT2D eigenvalue weighted by atomic mass is 32.2. The Morgan fingerprint density at radius 3 is 2.53 bits per heavy atom. The van der Waals surface area contributed by atoms with Crippen LogP contribution in [0.4, 0.5) is 11.4 Å². The van der Waals surface area contributed by atoms with Crippen molar-refractivity contribution in [1.29, 1.82) is 0 Å². The molecule has 1 aromatic rings. The Balaban J connectivity index is 2.89. The number of rotatable bonds is 5. The van der Waals surface area contributed by atoms with Gasteiger partial charge in [-0.15, -0.1) is 0 Å². The Morgan fingerprint density at radius 1 is 1.35 bits per heavy atom. The maximum absolute atomic E-state index is 11.6. The molecule has 0 fully saturated rings. The molecular weight excluding hydrogens is 242 g/mol. The first-order chi connectivity index (χ1) is 7.84. The summed E-state index contributed by atoms with van der Waals surface area (Å²) in [6.45, 7) is 3.48. The van der Waals surface area contributed by atoms with Gasteiger partial charge in [0.25, 0.3) is 10.2 Å². The molecule has 0 radical (unpaired) electrons. The van der Waals surface area contributed by atoms with Crippen LogP contribution in [0.25, 0.3) is 0 Å². The zero-order valence-electron chi connectivity index (χ0n) is 10.0. The summed E-state index contributed by atoms with van der Waals surface area (Å²) in [5, 5.41) is 0. The summed E-state index contributed by atoms with van der Waals surface area (Å²) in [5.41, 5.74) is 6.47. The second kappa shape index (κ2) is 5.24. The van der Waals surface area contributed by atoms with Crippen molar-refractivity contribution < 1.29 is 13.2 Å². The molecular formula is C10H17N3O3S. The van der Waals surface area contributed by atoms with E-state index >= 15 is 0 Å². The van der Waals surface area contributed by atoms with Gasteiger partial charge in [-0.25, -0.2) is 0 Å². The van der Waals surface area contributed by atoms with Crippen molar-refractivity contribution in [3.8, 4) is 5.75 Å². The largest absolute Gasteiger partial charge is 0.495 e.